The lowest BCUT2D eigenvalue weighted by molar-refractivity contribution is -0.129. The number of fused-ring (bicyclic) bond motifs is 1. The number of allylic oxidation sites excluding steroid dienone is 4. The number of aliphatic imine (C=N–C) groups is 1. The van der Waals surface area contributed by atoms with E-state index in [0.717, 1.165) is 12.1 Å². The van der Waals surface area contributed by atoms with E-state index in [1.54, 1.807) is 23.1 Å². The third-order valence-corrected chi connectivity index (χ3v) is 6.99. The number of benzene rings is 1. The Labute approximate surface area is 167 Å². The molecule has 3 aliphatic rings. The van der Waals surface area contributed by atoms with E-state index in [9.17, 15) is 22.4 Å². The quantitative estimate of drug-likeness (QED) is 0.745. The molecule has 0 N–H and O–H groups in total. The molecular formula is C20H18FN3O4S. The molecule has 7 nitrogen and oxygen atoms in total. The number of halogens is 1. The van der Waals surface area contributed by atoms with Gasteiger partial charge in [0, 0.05) is 37.8 Å². The van der Waals surface area contributed by atoms with Crippen molar-refractivity contribution < 1.29 is 22.4 Å². The number of amides is 2. The first-order valence-electron chi connectivity index (χ1n) is 9.10. The molecule has 2 heterocycles. The van der Waals surface area contributed by atoms with Crippen LogP contribution in [0.25, 0.3) is 0 Å². The fraction of sp³-hybridized carbons (Fsp3) is 0.250. The summed E-state index contributed by atoms with van der Waals surface area (Å²) in [6.07, 6.45) is 8.32. The maximum absolute atomic E-state index is 13.1. The summed E-state index contributed by atoms with van der Waals surface area (Å²) in [7, 11) is -3.76. The SMILES string of the molecule is O=C1C=C(C(=O)N2CCN(S(=O)(=O)c3ccc(F)cc3)CC2)C2C=CC=CC2=N1. The monoisotopic (exact) mass is 415 g/mol. The Morgan fingerprint density at radius 2 is 1.76 bits per heavy atom. The van der Waals surface area contributed by atoms with Crippen LogP contribution in [0.5, 0.6) is 0 Å². The fourth-order valence-corrected chi connectivity index (χ4v) is 4.97. The smallest absolute Gasteiger partial charge is 0.270 e. The van der Waals surface area contributed by atoms with Crippen LogP contribution in [0.4, 0.5) is 4.39 Å². The van der Waals surface area contributed by atoms with Gasteiger partial charge in [0.25, 0.3) is 11.8 Å². The standard InChI is InChI=1S/C20H18FN3O4S/c21-14-5-7-15(8-6-14)29(27,28)24-11-9-23(10-12-24)20(26)17-13-19(25)22-18-4-2-1-3-16(17)18/h1-8,13,16H,9-12H2. The van der Waals surface area contributed by atoms with Crippen LogP contribution >= 0.6 is 0 Å². The van der Waals surface area contributed by atoms with E-state index < -0.39 is 21.7 Å². The summed E-state index contributed by atoms with van der Waals surface area (Å²) >= 11 is 0. The molecule has 0 spiro atoms. The first kappa shape index (κ1) is 19.4. The molecule has 1 unspecified atom stereocenters. The van der Waals surface area contributed by atoms with E-state index in [2.05, 4.69) is 4.99 Å². The molecule has 0 radical (unpaired) electrons. The number of sulfonamides is 1. The van der Waals surface area contributed by atoms with Crippen molar-refractivity contribution in [3.8, 4) is 0 Å². The molecule has 2 amide bonds. The number of piperazine rings is 1. The van der Waals surface area contributed by atoms with Crippen LogP contribution in [0.3, 0.4) is 0 Å². The zero-order valence-electron chi connectivity index (χ0n) is 15.4. The third-order valence-electron chi connectivity index (χ3n) is 5.08. The largest absolute Gasteiger partial charge is 0.336 e. The Kier molecular flexibility index (Phi) is 5.01. The number of rotatable bonds is 3. The van der Waals surface area contributed by atoms with E-state index in [0.29, 0.717) is 11.3 Å². The number of hydrogen-bond acceptors (Lipinski definition) is 4. The van der Waals surface area contributed by atoms with Gasteiger partial charge < -0.3 is 4.90 Å². The molecule has 4 rings (SSSR count). The second-order valence-corrected chi connectivity index (χ2v) is 8.78. The van der Waals surface area contributed by atoms with Crippen LogP contribution in [-0.2, 0) is 19.6 Å². The van der Waals surface area contributed by atoms with Crippen molar-refractivity contribution in [2.75, 3.05) is 26.2 Å². The Bertz CT molecular complexity index is 1080. The molecule has 29 heavy (non-hydrogen) atoms. The van der Waals surface area contributed by atoms with Gasteiger partial charge in [-0.3, -0.25) is 9.59 Å². The highest BCUT2D eigenvalue weighted by Gasteiger charge is 2.35. The van der Waals surface area contributed by atoms with Crippen LogP contribution in [0.1, 0.15) is 0 Å². The Morgan fingerprint density at radius 3 is 2.45 bits per heavy atom. The second kappa shape index (κ2) is 7.49. The molecule has 1 aromatic rings. The fourth-order valence-electron chi connectivity index (χ4n) is 3.55. The number of dihydropyridines is 1. The lowest BCUT2D eigenvalue weighted by Gasteiger charge is -2.35. The predicted molar refractivity (Wildman–Crippen MR) is 104 cm³/mol. The lowest BCUT2D eigenvalue weighted by atomic mass is 9.87. The van der Waals surface area contributed by atoms with Crippen LogP contribution in [-0.4, -0.2) is 61.3 Å². The molecule has 1 fully saturated rings. The van der Waals surface area contributed by atoms with Gasteiger partial charge in [0.05, 0.1) is 16.5 Å². The highest BCUT2D eigenvalue weighted by Crippen LogP contribution is 2.26. The second-order valence-electron chi connectivity index (χ2n) is 6.85. The topological polar surface area (TPSA) is 87.1 Å². The van der Waals surface area contributed by atoms with Crippen molar-refractivity contribution in [3.05, 3.63) is 66.0 Å². The van der Waals surface area contributed by atoms with Crippen molar-refractivity contribution in [1.29, 1.82) is 0 Å². The zero-order chi connectivity index (χ0) is 20.6. The van der Waals surface area contributed by atoms with Gasteiger partial charge in [-0.25, -0.2) is 17.8 Å². The molecule has 1 saturated heterocycles. The summed E-state index contributed by atoms with van der Waals surface area (Å²) < 4.78 is 39.8. The number of nitrogens with zero attached hydrogens (tertiary/aromatic N) is 3. The predicted octanol–water partition coefficient (Wildman–Crippen LogP) is 1.31. The minimum atomic E-state index is -3.76. The van der Waals surface area contributed by atoms with E-state index in [4.69, 9.17) is 0 Å². The van der Waals surface area contributed by atoms with Gasteiger partial charge in [-0.05, 0) is 30.3 Å². The molecular weight excluding hydrogens is 397 g/mol. The van der Waals surface area contributed by atoms with Crippen molar-refractivity contribution in [2.45, 2.75) is 4.90 Å². The van der Waals surface area contributed by atoms with Crippen molar-refractivity contribution >= 4 is 27.5 Å². The Balaban J connectivity index is 1.46. The van der Waals surface area contributed by atoms with E-state index in [-0.39, 0.29) is 42.9 Å². The maximum Gasteiger partial charge on any atom is 0.270 e. The lowest BCUT2D eigenvalue weighted by Crippen LogP contribution is -2.51. The number of carbonyl (C=O) groups is 2. The van der Waals surface area contributed by atoms with Crippen LogP contribution in [0, 0.1) is 11.7 Å². The van der Waals surface area contributed by atoms with Crippen molar-refractivity contribution in [2.24, 2.45) is 10.9 Å². The summed E-state index contributed by atoms with van der Waals surface area (Å²) in [5, 5.41) is 0. The minimum absolute atomic E-state index is 0.0132. The number of carbonyl (C=O) groups excluding carboxylic acids is 2. The molecule has 0 bridgehead atoms. The highest BCUT2D eigenvalue weighted by atomic mass is 32.2. The van der Waals surface area contributed by atoms with Crippen molar-refractivity contribution in [1.82, 2.24) is 9.21 Å². The summed E-state index contributed by atoms with van der Waals surface area (Å²) in [4.78, 5) is 30.4. The van der Waals surface area contributed by atoms with Crippen molar-refractivity contribution in [3.63, 3.8) is 0 Å². The third kappa shape index (κ3) is 3.70. The van der Waals surface area contributed by atoms with Gasteiger partial charge >= 0.3 is 0 Å². The molecule has 2 aliphatic heterocycles. The summed E-state index contributed by atoms with van der Waals surface area (Å²) in [6.45, 7) is 0.634. The molecule has 0 saturated carbocycles. The van der Waals surface area contributed by atoms with Gasteiger partial charge in [0.15, 0.2) is 0 Å². The summed E-state index contributed by atoms with van der Waals surface area (Å²) in [5.41, 5.74) is 0.872. The number of hydrogen-bond donors (Lipinski definition) is 0. The van der Waals surface area contributed by atoms with Gasteiger partial charge in [0.1, 0.15) is 5.82 Å². The molecule has 1 aliphatic carbocycles. The van der Waals surface area contributed by atoms with Crippen LogP contribution < -0.4 is 0 Å². The van der Waals surface area contributed by atoms with Gasteiger partial charge in [-0.1, -0.05) is 18.2 Å². The van der Waals surface area contributed by atoms with E-state index in [1.807, 2.05) is 6.08 Å². The first-order valence-corrected chi connectivity index (χ1v) is 10.5. The van der Waals surface area contributed by atoms with Crippen LogP contribution in [0.15, 0.2) is 70.1 Å². The Morgan fingerprint density at radius 1 is 1.07 bits per heavy atom. The normalized spacial score (nSPS) is 22.2. The summed E-state index contributed by atoms with van der Waals surface area (Å²) in [5.74, 6) is -1.65. The zero-order valence-corrected chi connectivity index (χ0v) is 16.2. The maximum atomic E-state index is 13.1. The highest BCUT2D eigenvalue weighted by molar-refractivity contribution is 7.89. The van der Waals surface area contributed by atoms with E-state index >= 15 is 0 Å². The first-order chi connectivity index (χ1) is 13.9. The molecule has 1 atom stereocenters. The van der Waals surface area contributed by atoms with Gasteiger partial charge in [-0.2, -0.15) is 4.31 Å². The van der Waals surface area contributed by atoms with Crippen LogP contribution in [0.2, 0.25) is 0 Å². The summed E-state index contributed by atoms with van der Waals surface area (Å²) in [6, 6.07) is 4.66. The van der Waals surface area contributed by atoms with Gasteiger partial charge in [-0.15, -0.1) is 0 Å². The molecule has 150 valence electrons. The average Bonchev–Trinajstić information content (AvgIpc) is 2.73. The molecule has 0 aromatic heterocycles. The van der Waals surface area contributed by atoms with Gasteiger partial charge in [0.2, 0.25) is 10.0 Å². The minimum Gasteiger partial charge on any atom is -0.336 e. The van der Waals surface area contributed by atoms with E-state index in [1.165, 1.54) is 22.5 Å². The average molecular weight is 415 g/mol. The Hall–Kier alpha value is -2.91. The molecule has 1 aromatic carbocycles. The molecule has 9 heteroatoms.